The zero-order chi connectivity index (χ0) is 14.7. The molecule has 0 bridgehead atoms. The Balaban J connectivity index is 2.78. The van der Waals surface area contributed by atoms with Gasteiger partial charge >= 0.3 is 0 Å². The van der Waals surface area contributed by atoms with E-state index in [2.05, 4.69) is 20.8 Å². The fourth-order valence-electron chi connectivity index (χ4n) is 2.77. The number of fused-ring (bicyclic) bond motifs is 1. The second kappa shape index (κ2) is 5.99. The summed E-state index contributed by atoms with van der Waals surface area (Å²) in [5.74, 6) is 0. The summed E-state index contributed by atoms with van der Waals surface area (Å²) < 4.78 is 0. The van der Waals surface area contributed by atoms with E-state index in [1.165, 1.54) is 17.2 Å². The van der Waals surface area contributed by atoms with Gasteiger partial charge in [0.05, 0.1) is 10.4 Å². The van der Waals surface area contributed by atoms with Crippen molar-refractivity contribution in [2.45, 2.75) is 46.5 Å². The largest absolute Gasteiger partial charge is 0.270 e. The number of aryl methyl sites for hydroxylation is 2. The van der Waals surface area contributed by atoms with Crippen LogP contribution in [0, 0.1) is 10.1 Å². The molecule has 0 aliphatic heterocycles. The minimum atomic E-state index is -0.341. The van der Waals surface area contributed by atoms with Gasteiger partial charge in [0.15, 0.2) is 0 Å². The Morgan fingerprint density at radius 3 is 2.45 bits per heavy atom. The quantitative estimate of drug-likeness (QED) is 0.605. The van der Waals surface area contributed by atoms with E-state index >= 15 is 0 Å². The number of hydrogen-bond donors (Lipinski definition) is 0. The third kappa shape index (κ3) is 2.50. The molecule has 0 unspecified atom stereocenters. The fourth-order valence-corrected chi connectivity index (χ4v) is 2.77. The smallest absolute Gasteiger partial charge is 0.258 e. The summed E-state index contributed by atoms with van der Waals surface area (Å²) in [5, 5.41) is 11.9. The van der Waals surface area contributed by atoms with Crippen molar-refractivity contribution in [1.29, 1.82) is 0 Å². The van der Waals surface area contributed by atoms with Crippen LogP contribution in [-0.4, -0.2) is 9.91 Å². The van der Waals surface area contributed by atoms with E-state index in [0.29, 0.717) is 0 Å². The highest BCUT2D eigenvalue weighted by Crippen LogP contribution is 2.28. The van der Waals surface area contributed by atoms with Gasteiger partial charge in [0, 0.05) is 23.2 Å². The second-order valence-corrected chi connectivity index (χ2v) is 4.93. The number of benzene rings is 1. The zero-order valence-corrected chi connectivity index (χ0v) is 12.3. The van der Waals surface area contributed by atoms with Crippen LogP contribution in [0.1, 0.15) is 44.0 Å². The third-order valence-corrected chi connectivity index (χ3v) is 3.67. The predicted octanol–water partition coefficient (Wildman–Crippen LogP) is 4.22. The molecule has 1 heterocycles. The lowest BCUT2D eigenvalue weighted by atomic mass is 9.94. The molecule has 106 valence electrons. The maximum atomic E-state index is 11.0. The summed E-state index contributed by atoms with van der Waals surface area (Å²) in [5.41, 5.74) is 4.64. The number of pyridine rings is 1. The number of hydrogen-bond acceptors (Lipinski definition) is 3. The van der Waals surface area contributed by atoms with Gasteiger partial charge in [-0.25, -0.2) is 0 Å². The SMILES string of the molecule is CCCc1c(CC)nc2ccc([N+](=O)[O-])cc2c1CC. The molecule has 0 N–H and O–H groups in total. The van der Waals surface area contributed by atoms with Crippen LogP contribution in [0.15, 0.2) is 18.2 Å². The zero-order valence-electron chi connectivity index (χ0n) is 12.3. The first-order valence-electron chi connectivity index (χ1n) is 7.21. The molecule has 2 rings (SSSR count). The van der Waals surface area contributed by atoms with Crippen LogP contribution in [0.3, 0.4) is 0 Å². The van der Waals surface area contributed by atoms with Crippen LogP contribution in [-0.2, 0) is 19.3 Å². The number of nitro benzene ring substituents is 1. The van der Waals surface area contributed by atoms with Crippen LogP contribution < -0.4 is 0 Å². The van der Waals surface area contributed by atoms with E-state index in [1.54, 1.807) is 12.1 Å². The average molecular weight is 272 g/mol. The lowest BCUT2D eigenvalue weighted by Gasteiger charge is -2.15. The van der Waals surface area contributed by atoms with Gasteiger partial charge in [-0.1, -0.05) is 27.2 Å². The molecule has 0 aliphatic carbocycles. The molecule has 0 spiro atoms. The topological polar surface area (TPSA) is 56.0 Å². The monoisotopic (exact) mass is 272 g/mol. The summed E-state index contributed by atoms with van der Waals surface area (Å²) in [7, 11) is 0. The summed E-state index contributed by atoms with van der Waals surface area (Å²) in [6.07, 6.45) is 3.82. The highest BCUT2D eigenvalue weighted by Gasteiger charge is 2.15. The predicted molar refractivity (Wildman–Crippen MR) is 81.1 cm³/mol. The maximum absolute atomic E-state index is 11.0. The van der Waals surface area contributed by atoms with E-state index in [1.807, 2.05) is 0 Å². The Hall–Kier alpha value is -1.97. The Labute approximate surface area is 119 Å². The van der Waals surface area contributed by atoms with Crippen molar-refractivity contribution in [2.24, 2.45) is 0 Å². The van der Waals surface area contributed by atoms with Crippen molar-refractivity contribution >= 4 is 16.6 Å². The van der Waals surface area contributed by atoms with E-state index < -0.39 is 0 Å². The Kier molecular flexibility index (Phi) is 4.32. The minimum Gasteiger partial charge on any atom is -0.258 e. The van der Waals surface area contributed by atoms with Crippen LogP contribution in [0.25, 0.3) is 10.9 Å². The molecule has 0 saturated heterocycles. The van der Waals surface area contributed by atoms with Crippen molar-refractivity contribution in [1.82, 2.24) is 4.98 Å². The molecular weight excluding hydrogens is 252 g/mol. The Bertz CT molecular complexity index is 650. The van der Waals surface area contributed by atoms with Gasteiger partial charge in [-0.2, -0.15) is 0 Å². The van der Waals surface area contributed by atoms with E-state index in [9.17, 15) is 10.1 Å². The number of rotatable bonds is 5. The molecule has 1 aromatic heterocycles. The molecule has 2 aromatic rings. The highest BCUT2D eigenvalue weighted by molar-refractivity contribution is 5.86. The standard InChI is InChI=1S/C16H20N2O2/c1-4-7-13-12(5-2)14-10-11(18(19)20)8-9-16(14)17-15(13)6-3/h8-10H,4-7H2,1-3H3. The number of aromatic nitrogens is 1. The summed E-state index contributed by atoms with van der Waals surface area (Å²) in [6.45, 7) is 6.36. The molecule has 0 aliphatic rings. The minimum absolute atomic E-state index is 0.140. The van der Waals surface area contributed by atoms with E-state index in [-0.39, 0.29) is 10.6 Å². The molecule has 0 amide bonds. The van der Waals surface area contributed by atoms with Crippen molar-refractivity contribution in [3.05, 3.63) is 45.1 Å². The number of nitrogens with zero attached hydrogens (tertiary/aromatic N) is 2. The molecule has 0 fully saturated rings. The molecule has 1 aromatic carbocycles. The number of nitro groups is 1. The van der Waals surface area contributed by atoms with Gasteiger partial charge in [-0.05, 0) is 36.5 Å². The van der Waals surface area contributed by atoms with E-state index in [4.69, 9.17) is 4.98 Å². The lowest BCUT2D eigenvalue weighted by molar-refractivity contribution is -0.384. The normalized spacial score (nSPS) is 10.9. The number of non-ortho nitro benzene ring substituents is 1. The van der Waals surface area contributed by atoms with Crippen LogP contribution in [0.5, 0.6) is 0 Å². The molecular formula is C16H20N2O2. The Morgan fingerprint density at radius 2 is 1.90 bits per heavy atom. The second-order valence-electron chi connectivity index (χ2n) is 4.93. The van der Waals surface area contributed by atoms with E-state index in [0.717, 1.165) is 42.3 Å². The van der Waals surface area contributed by atoms with Gasteiger partial charge in [0.1, 0.15) is 0 Å². The van der Waals surface area contributed by atoms with Crippen molar-refractivity contribution < 1.29 is 4.92 Å². The average Bonchev–Trinajstić information content (AvgIpc) is 2.46. The van der Waals surface area contributed by atoms with Crippen LogP contribution in [0.2, 0.25) is 0 Å². The van der Waals surface area contributed by atoms with Gasteiger partial charge in [-0.3, -0.25) is 15.1 Å². The van der Waals surface area contributed by atoms with Crippen LogP contribution >= 0.6 is 0 Å². The first kappa shape index (κ1) is 14.4. The summed E-state index contributed by atoms with van der Waals surface area (Å²) >= 11 is 0. The van der Waals surface area contributed by atoms with Crippen molar-refractivity contribution in [2.75, 3.05) is 0 Å². The van der Waals surface area contributed by atoms with Gasteiger partial charge in [-0.15, -0.1) is 0 Å². The summed E-state index contributed by atoms with van der Waals surface area (Å²) in [4.78, 5) is 15.3. The van der Waals surface area contributed by atoms with Crippen molar-refractivity contribution in [3.8, 4) is 0 Å². The molecule has 0 atom stereocenters. The van der Waals surface area contributed by atoms with Gasteiger partial charge in [0.25, 0.3) is 5.69 Å². The molecule has 20 heavy (non-hydrogen) atoms. The Morgan fingerprint density at radius 1 is 1.15 bits per heavy atom. The van der Waals surface area contributed by atoms with Crippen molar-refractivity contribution in [3.63, 3.8) is 0 Å². The van der Waals surface area contributed by atoms with Gasteiger partial charge in [0.2, 0.25) is 0 Å². The molecule has 4 heteroatoms. The third-order valence-electron chi connectivity index (χ3n) is 3.67. The van der Waals surface area contributed by atoms with Gasteiger partial charge < -0.3 is 0 Å². The lowest BCUT2D eigenvalue weighted by Crippen LogP contribution is -2.04. The highest BCUT2D eigenvalue weighted by atomic mass is 16.6. The first-order valence-corrected chi connectivity index (χ1v) is 7.21. The molecule has 4 nitrogen and oxygen atoms in total. The maximum Gasteiger partial charge on any atom is 0.270 e. The summed E-state index contributed by atoms with van der Waals surface area (Å²) in [6, 6.07) is 4.97. The first-order chi connectivity index (χ1) is 9.62. The molecule has 0 radical (unpaired) electrons. The van der Waals surface area contributed by atoms with Crippen LogP contribution in [0.4, 0.5) is 5.69 Å². The fraction of sp³-hybridized carbons (Fsp3) is 0.438. The molecule has 0 saturated carbocycles.